The predicted octanol–water partition coefficient (Wildman–Crippen LogP) is 2.50. The van der Waals surface area contributed by atoms with Gasteiger partial charge in [-0.25, -0.2) is 4.98 Å². The Balaban J connectivity index is 1.64. The van der Waals surface area contributed by atoms with Crippen molar-refractivity contribution in [3.05, 3.63) is 42.4 Å². The fraction of sp³-hybridized carbons (Fsp3) is 0.562. The lowest BCUT2D eigenvalue weighted by atomic mass is 10.1. The Morgan fingerprint density at radius 2 is 2.19 bits per heavy atom. The third-order valence-corrected chi connectivity index (χ3v) is 4.24. The molecule has 1 fully saturated rings. The van der Waals surface area contributed by atoms with Crippen LogP contribution in [-0.2, 0) is 7.05 Å². The van der Waals surface area contributed by atoms with Crippen LogP contribution in [0.4, 0.5) is 0 Å². The summed E-state index contributed by atoms with van der Waals surface area (Å²) in [6.07, 6.45) is 8.24. The maximum absolute atomic E-state index is 5.65. The molecule has 114 valence electrons. The van der Waals surface area contributed by atoms with Gasteiger partial charge in [-0.1, -0.05) is 0 Å². The number of nitrogens with one attached hydrogen (secondary N) is 1. The molecule has 1 aliphatic heterocycles. The molecular weight excluding hydrogens is 264 g/mol. The van der Waals surface area contributed by atoms with Crippen LogP contribution in [0.3, 0.4) is 0 Å². The highest BCUT2D eigenvalue weighted by atomic mass is 16.3. The van der Waals surface area contributed by atoms with Gasteiger partial charge < -0.3 is 14.3 Å². The fourth-order valence-electron chi connectivity index (χ4n) is 2.99. The van der Waals surface area contributed by atoms with Crippen molar-refractivity contribution in [3.8, 4) is 0 Å². The van der Waals surface area contributed by atoms with E-state index >= 15 is 0 Å². The molecule has 1 aliphatic rings. The highest BCUT2D eigenvalue weighted by molar-refractivity contribution is 5.08. The van der Waals surface area contributed by atoms with E-state index in [2.05, 4.69) is 34.4 Å². The van der Waals surface area contributed by atoms with Crippen LogP contribution in [0.15, 0.2) is 35.3 Å². The zero-order valence-electron chi connectivity index (χ0n) is 12.8. The number of hydrogen-bond acceptors (Lipinski definition) is 4. The Morgan fingerprint density at radius 3 is 2.81 bits per heavy atom. The molecule has 1 saturated heterocycles. The number of aromatic nitrogens is 2. The van der Waals surface area contributed by atoms with Gasteiger partial charge in [0.05, 0.1) is 24.3 Å². The van der Waals surface area contributed by atoms with Gasteiger partial charge in [-0.2, -0.15) is 0 Å². The lowest BCUT2D eigenvalue weighted by Gasteiger charge is -2.27. The van der Waals surface area contributed by atoms with Gasteiger partial charge in [0.2, 0.25) is 0 Å². The summed E-state index contributed by atoms with van der Waals surface area (Å²) in [5, 5.41) is 3.60. The highest BCUT2D eigenvalue weighted by Crippen LogP contribution is 2.25. The van der Waals surface area contributed by atoms with Crippen LogP contribution in [0.1, 0.15) is 43.3 Å². The molecule has 0 spiro atoms. The number of rotatable bonds is 6. The minimum atomic E-state index is 0.242. The second-order valence-electron chi connectivity index (χ2n) is 5.87. The summed E-state index contributed by atoms with van der Waals surface area (Å²) in [5.41, 5.74) is 1.08. The molecule has 1 N–H and O–H groups in total. The standard InChI is InChI=1S/C16H24N4O/c1-13(14-11-19(2)12-18-14)17-10-15(16-6-5-9-21-16)20-7-3-4-8-20/h5-6,9,11-13,15,17H,3-4,7-8,10H2,1-2H3. The number of nitrogens with zero attached hydrogens (tertiary/aromatic N) is 3. The summed E-state index contributed by atoms with van der Waals surface area (Å²) < 4.78 is 7.63. The number of likely N-dealkylation sites (tertiary alicyclic amines) is 1. The van der Waals surface area contributed by atoms with E-state index in [9.17, 15) is 0 Å². The fourth-order valence-corrected chi connectivity index (χ4v) is 2.99. The molecule has 2 aromatic heterocycles. The molecule has 0 saturated carbocycles. The average molecular weight is 288 g/mol. The molecule has 0 radical (unpaired) electrons. The van der Waals surface area contributed by atoms with E-state index in [0.29, 0.717) is 6.04 Å². The van der Waals surface area contributed by atoms with Crippen LogP contribution in [0, 0.1) is 0 Å². The van der Waals surface area contributed by atoms with Crippen molar-refractivity contribution in [2.45, 2.75) is 31.8 Å². The monoisotopic (exact) mass is 288 g/mol. The molecule has 3 heterocycles. The van der Waals surface area contributed by atoms with Gasteiger partial charge in [0.1, 0.15) is 5.76 Å². The first kappa shape index (κ1) is 14.4. The molecule has 21 heavy (non-hydrogen) atoms. The van der Waals surface area contributed by atoms with Crippen molar-refractivity contribution in [2.24, 2.45) is 7.05 Å². The summed E-state index contributed by atoms with van der Waals surface area (Å²) >= 11 is 0. The Bertz CT molecular complexity index is 542. The first-order valence-corrected chi connectivity index (χ1v) is 7.73. The maximum atomic E-state index is 5.65. The number of imidazole rings is 1. The largest absolute Gasteiger partial charge is 0.468 e. The Hall–Kier alpha value is -1.59. The molecule has 2 unspecified atom stereocenters. The van der Waals surface area contributed by atoms with Crippen LogP contribution in [0.5, 0.6) is 0 Å². The third kappa shape index (κ3) is 3.36. The van der Waals surface area contributed by atoms with Crippen LogP contribution in [0.2, 0.25) is 0 Å². The molecular formula is C16H24N4O. The third-order valence-electron chi connectivity index (χ3n) is 4.24. The predicted molar refractivity (Wildman–Crippen MR) is 81.9 cm³/mol. The summed E-state index contributed by atoms with van der Waals surface area (Å²) in [5.74, 6) is 1.05. The second kappa shape index (κ2) is 6.45. The van der Waals surface area contributed by atoms with Crippen molar-refractivity contribution in [1.29, 1.82) is 0 Å². The zero-order valence-corrected chi connectivity index (χ0v) is 12.8. The Kier molecular flexibility index (Phi) is 4.41. The van der Waals surface area contributed by atoms with Crippen LogP contribution in [-0.4, -0.2) is 34.1 Å². The van der Waals surface area contributed by atoms with Gasteiger partial charge in [0, 0.05) is 25.8 Å². The van der Waals surface area contributed by atoms with Crippen molar-refractivity contribution in [2.75, 3.05) is 19.6 Å². The molecule has 0 aliphatic carbocycles. The van der Waals surface area contributed by atoms with E-state index < -0.39 is 0 Å². The zero-order chi connectivity index (χ0) is 14.7. The minimum Gasteiger partial charge on any atom is -0.468 e. The van der Waals surface area contributed by atoms with Crippen molar-refractivity contribution >= 4 is 0 Å². The summed E-state index contributed by atoms with van der Waals surface area (Å²) in [6.45, 7) is 5.35. The maximum Gasteiger partial charge on any atom is 0.122 e. The minimum absolute atomic E-state index is 0.242. The molecule has 2 aromatic rings. The summed E-state index contributed by atoms with van der Waals surface area (Å²) in [6, 6.07) is 4.61. The average Bonchev–Trinajstić information content (AvgIpc) is 3.21. The molecule has 5 nitrogen and oxygen atoms in total. The molecule has 0 bridgehead atoms. The van der Waals surface area contributed by atoms with Gasteiger partial charge in [-0.3, -0.25) is 4.90 Å². The van der Waals surface area contributed by atoms with Crippen LogP contribution < -0.4 is 5.32 Å². The molecule has 2 atom stereocenters. The molecule has 5 heteroatoms. The first-order chi connectivity index (χ1) is 10.2. The van der Waals surface area contributed by atoms with Gasteiger partial charge in [0.15, 0.2) is 0 Å². The van der Waals surface area contributed by atoms with Crippen LogP contribution in [0.25, 0.3) is 0 Å². The number of hydrogen-bond donors (Lipinski definition) is 1. The molecule has 0 aromatic carbocycles. The summed E-state index contributed by atoms with van der Waals surface area (Å²) in [4.78, 5) is 6.93. The van der Waals surface area contributed by atoms with E-state index in [1.807, 2.05) is 24.0 Å². The SMILES string of the molecule is CC(NCC(c1ccco1)N1CCCC1)c1cn(C)cn1. The topological polar surface area (TPSA) is 46.2 Å². The van der Waals surface area contributed by atoms with E-state index in [0.717, 1.165) is 31.1 Å². The lowest BCUT2D eigenvalue weighted by molar-refractivity contribution is 0.205. The van der Waals surface area contributed by atoms with E-state index in [-0.39, 0.29) is 6.04 Å². The second-order valence-corrected chi connectivity index (χ2v) is 5.87. The van der Waals surface area contributed by atoms with Gasteiger partial charge in [0.25, 0.3) is 0 Å². The highest BCUT2D eigenvalue weighted by Gasteiger charge is 2.26. The smallest absolute Gasteiger partial charge is 0.122 e. The lowest BCUT2D eigenvalue weighted by Crippen LogP contribution is -2.35. The first-order valence-electron chi connectivity index (χ1n) is 7.73. The number of furan rings is 1. The van der Waals surface area contributed by atoms with E-state index in [1.54, 1.807) is 6.26 Å². The van der Waals surface area contributed by atoms with Crippen LogP contribution >= 0.6 is 0 Å². The normalized spacial score (nSPS) is 19.0. The summed E-state index contributed by atoms with van der Waals surface area (Å²) in [7, 11) is 2.00. The van der Waals surface area contributed by atoms with Gasteiger partial charge >= 0.3 is 0 Å². The van der Waals surface area contributed by atoms with E-state index in [4.69, 9.17) is 4.42 Å². The quantitative estimate of drug-likeness (QED) is 0.887. The van der Waals surface area contributed by atoms with E-state index in [1.165, 1.54) is 12.8 Å². The Morgan fingerprint density at radius 1 is 1.38 bits per heavy atom. The van der Waals surface area contributed by atoms with Gasteiger partial charge in [-0.15, -0.1) is 0 Å². The molecule has 0 amide bonds. The van der Waals surface area contributed by atoms with Crippen molar-refractivity contribution in [1.82, 2.24) is 19.8 Å². The van der Waals surface area contributed by atoms with Crippen molar-refractivity contribution < 1.29 is 4.42 Å². The van der Waals surface area contributed by atoms with Crippen molar-refractivity contribution in [3.63, 3.8) is 0 Å². The van der Waals surface area contributed by atoms with Gasteiger partial charge in [-0.05, 0) is 45.0 Å². The number of aryl methyl sites for hydroxylation is 1. The Labute approximate surface area is 126 Å². The molecule has 3 rings (SSSR count).